The van der Waals surface area contributed by atoms with E-state index in [1.165, 1.54) is 5.57 Å². The number of allylic oxidation sites excluding steroid dienone is 1. The zero-order valence-corrected chi connectivity index (χ0v) is 21.3. The van der Waals surface area contributed by atoms with E-state index in [2.05, 4.69) is 33.8 Å². The summed E-state index contributed by atoms with van der Waals surface area (Å²) in [6.45, 7) is 12.3. The number of phenols is 3. The van der Waals surface area contributed by atoms with Crippen LogP contribution in [0.25, 0.3) is 0 Å². The summed E-state index contributed by atoms with van der Waals surface area (Å²) in [6, 6.07) is 0. The van der Waals surface area contributed by atoms with E-state index in [0.29, 0.717) is 24.9 Å². The lowest BCUT2D eigenvalue weighted by Gasteiger charge is -2.53. The summed E-state index contributed by atoms with van der Waals surface area (Å²) in [5.41, 5.74) is -0.276. The highest BCUT2D eigenvalue weighted by Crippen LogP contribution is 2.61. The third-order valence-electron chi connectivity index (χ3n) is 8.53. The van der Waals surface area contributed by atoms with Crippen LogP contribution < -0.4 is 0 Å². The molecule has 0 aliphatic heterocycles. The first kappa shape index (κ1) is 26.3. The fourth-order valence-corrected chi connectivity index (χ4v) is 6.66. The molecule has 6 nitrogen and oxygen atoms in total. The van der Waals surface area contributed by atoms with Gasteiger partial charge in [-0.3, -0.25) is 9.59 Å². The molecule has 1 aromatic rings. The van der Waals surface area contributed by atoms with Gasteiger partial charge in [-0.05, 0) is 75.0 Å². The van der Waals surface area contributed by atoms with Crippen LogP contribution in [0.5, 0.6) is 17.2 Å². The minimum absolute atomic E-state index is 0.0421. The number of aromatic hydroxyl groups is 3. The molecule has 2 aliphatic rings. The van der Waals surface area contributed by atoms with Gasteiger partial charge in [0.2, 0.25) is 0 Å². The Morgan fingerprint density at radius 2 is 1.59 bits per heavy atom. The maximum Gasteiger partial charge on any atom is 0.157 e. The minimum Gasteiger partial charge on any atom is -0.507 e. The Morgan fingerprint density at radius 1 is 1.03 bits per heavy atom. The molecular weight excluding hydrogens is 432 g/mol. The van der Waals surface area contributed by atoms with Crippen LogP contribution in [0.2, 0.25) is 0 Å². The lowest BCUT2D eigenvalue weighted by atomic mass is 9.51. The van der Waals surface area contributed by atoms with Crippen molar-refractivity contribution in [3.63, 3.8) is 0 Å². The number of benzene rings is 1. The summed E-state index contributed by atoms with van der Waals surface area (Å²) in [6.07, 6.45) is 7.03. The van der Waals surface area contributed by atoms with Crippen molar-refractivity contribution >= 4 is 12.6 Å². The van der Waals surface area contributed by atoms with Gasteiger partial charge in [0.25, 0.3) is 0 Å². The van der Waals surface area contributed by atoms with E-state index in [9.17, 15) is 30.0 Å². The SMILES string of the molecule is CC(C)CC(c1c(O)c(C=O)c(O)c(C=O)c1O)[C@@H]1CCC(C)C2=CC(C(C)(C)O)CC[C@]21C. The average Bonchev–Trinajstić information content (AvgIpc) is 2.72. The van der Waals surface area contributed by atoms with E-state index in [4.69, 9.17) is 0 Å². The van der Waals surface area contributed by atoms with Crippen LogP contribution in [0.4, 0.5) is 0 Å². The van der Waals surface area contributed by atoms with Gasteiger partial charge in [0.15, 0.2) is 12.6 Å². The van der Waals surface area contributed by atoms with E-state index in [0.717, 1.165) is 25.7 Å². The number of phenolic OH excluding ortho intramolecular Hbond substituents is 3. The molecule has 1 fully saturated rings. The Kier molecular flexibility index (Phi) is 7.24. The van der Waals surface area contributed by atoms with Gasteiger partial charge in [-0.15, -0.1) is 0 Å². The molecule has 0 spiro atoms. The van der Waals surface area contributed by atoms with Gasteiger partial charge in [0.1, 0.15) is 17.2 Å². The molecule has 0 aromatic heterocycles. The molecule has 0 bridgehead atoms. The first-order chi connectivity index (χ1) is 15.8. The van der Waals surface area contributed by atoms with Gasteiger partial charge >= 0.3 is 0 Å². The Hall–Kier alpha value is -2.34. The maximum absolute atomic E-state index is 11.7. The molecule has 1 aromatic carbocycles. The highest BCUT2D eigenvalue weighted by Gasteiger charge is 2.50. The number of hydrogen-bond acceptors (Lipinski definition) is 6. The molecule has 5 atom stereocenters. The predicted octanol–water partition coefficient (Wildman–Crippen LogP) is 5.72. The Labute approximate surface area is 202 Å². The van der Waals surface area contributed by atoms with Crippen LogP contribution in [0, 0.1) is 29.1 Å². The molecule has 6 heteroatoms. The molecule has 34 heavy (non-hydrogen) atoms. The normalized spacial score (nSPS) is 28.2. The molecule has 188 valence electrons. The van der Waals surface area contributed by atoms with Gasteiger partial charge in [-0.1, -0.05) is 39.3 Å². The van der Waals surface area contributed by atoms with Crippen molar-refractivity contribution in [1.29, 1.82) is 0 Å². The number of aldehydes is 2. The largest absolute Gasteiger partial charge is 0.507 e. The summed E-state index contributed by atoms with van der Waals surface area (Å²) < 4.78 is 0. The molecule has 1 saturated carbocycles. The monoisotopic (exact) mass is 472 g/mol. The molecule has 0 saturated heterocycles. The molecular formula is C28H40O6. The summed E-state index contributed by atoms with van der Waals surface area (Å²) in [5, 5.41) is 43.1. The molecule has 2 aliphatic carbocycles. The molecule has 3 rings (SSSR count). The summed E-state index contributed by atoms with van der Waals surface area (Å²) in [7, 11) is 0. The summed E-state index contributed by atoms with van der Waals surface area (Å²) >= 11 is 0. The van der Waals surface area contributed by atoms with Gasteiger partial charge < -0.3 is 20.4 Å². The van der Waals surface area contributed by atoms with Crippen LogP contribution in [0.1, 0.15) is 106 Å². The molecule has 4 N–H and O–H groups in total. The molecule has 0 radical (unpaired) electrons. The molecule has 0 amide bonds. The van der Waals surface area contributed by atoms with Gasteiger partial charge in [-0.25, -0.2) is 0 Å². The summed E-state index contributed by atoms with van der Waals surface area (Å²) in [5.74, 6) is -1.23. The first-order valence-electron chi connectivity index (χ1n) is 12.4. The third kappa shape index (κ3) is 4.37. The Balaban J connectivity index is 2.23. The number of rotatable bonds is 7. The second-order valence-electron chi connectivity index (χ2n) is 11.7. The quantitative estimate of drug-likeness (QED) is 0.298. The fourth-order valence-electron chi connectivity index (χ4n) is 6.66. The van der Waals surface area contributed by atoms with Crippen molar-refractivity contribution < 1.29 is 30.0 Å². The van der Waals surface area contributed by atoms with Crippen molar-refractivity contribution in [3.05, 3.63) is 28.3 Å². The van der Waals surface area contributed by atoms with Crippen molar-refractivity contribution in [2.24, 2.45) is 29.1 Å². The van der Waals surface area contributed by atoms with E-state index < -0.39 is 22.8 Å². The van der Waals surface area contributed by atoms with Crippen molar-refractivity contribution in [1.82, 2.24) is 0 Å². The third-order valence-corrected chi connectivity index (χ3v) is 8.53. The lowest BCUT2D eigenvalue weighted by Crippen LogP contribution is -2.45. The standard InChI is InChI=1S/C28H40O6/c1-15(2)11-18(23-25(32)19(13-29)24(31)20(14-30)26(23)33)21-8-7-16(3)22-12-17(27(4,5)34)9-10-28(21,22)6/h12-18,21,31-34H,7-11H2,1-6H3/t16?,17?,18?,21-,28-/m0/s1. The van der Waals surface area contributed by atoms with Crippen LogP contribution in [0.3, 0.4) is 0 Å². The second kappa shape index (κ2) is 9.37. The highest BCUT2D eigenvalue weighted by atomic mass is 16.3. The summed E-state index contributed by atoms with van der Waals surface area (Å²) in [4.78, 5) is 23.4. The zero-order chi connectivity index (χ0) is 25.6. The van der Waals surface area contributed by atoms with E-state index in [-0.39, 0.29) is 45.8 Å². The fraction of sp³-hybridized carbons (Fsp3) is 0.643. The van der Waals surface area contributed by atoms with E-state index >= 15 is 0 Å². The van der Waals surface area contributed by atoms with Crippen LogP contribution in [-0.2, 0) is 0 Å². The predicted molar refractivity (Wildman–Crippen MR) is 132 cm³/mol. The second-order valence-corrected chi connectivity index (χ2v) is 11.7. The topological polar surface area (TPSA) is 115 Å². The smallest absolute Gasteiger partial charge is 0.157 e. The number of carbonyl (C=O) groups is 2. The van der Waals surface area contributed by atoms with Crippen molar-refractivity contribution in [3.8, 4) is 17.2 Å². The molecule has 3 unspecified atom stereocenters. The van der Waals surface area contributed by atoms with E-state index in [1.54, 1.807) is 0 Å². The maximum atomic E-state index is 11.7. The lowest BCUT2D eigenvalue weighted by molar-refractivity contribution is 0.00965. The molecule has 0 heterocycles. The van der Waals surface area contributed by atoms with Crippen LogP contribution in [-0.4, -0.2) is 38.6 Å². The Morgan fingerprint density at radius 3 is 2.06 bits per heavy atom. The van der Waals surface area contributed by atoms with Gasteiger partial charge in [-0.2, -0.15) is 0 Å². The number of fused-ring (bicyclic) bond motifs is 1. The number of aliphatic hydroxyl groups is 1. The van der Waals surface area contributed by atoms with Crippen LogP contribution in [0.15, 0.2) is 11.6 Å². The number of carbonyl (C=O) groups excluding carboxylic acids is 2. The van der Waals surface area contributed by atoms with Crippen molar-refractivity contribution in [2.45, 2.75) is 85.2 Å². The van der Waals surface area contributed by atoms with Crippen molar-refractivity contribution in [2.75, 3.05) is 0 Å². The van der Waals surface area contributed by atoms with E-state index in [1.807, 2.05) is 13.8 Å². The van der Waals surface area contributed by atoms with Gasteiger partial charge in [0.05, 0.1) is 16.7 Å². The average molecular weight is 473 g/mol. The van der Waals surface area contributed by atoms with Crippen LogP contribution >= 0.6 is 0 Å². The van der Waals surface area contributed by atoms with Gasteiger partial charge in [0, 0.05) is 11.5 Å². The highest BCUT2D eigenvalue weighted by molar-refractivity contribution is 5.95. The first-order valence-corrected chi connectivity index (χ1v) is 12.4. The number of hydrogen-bond donors (Lipinski definition) is 4. The minimum atomic E-state index is -0.816. The Bertz CT molecular complexity index is 951. The zero-order valence-electron chi connectivity index (χ0n) is 21.3.